The number of halogens is 1. The molecule has 2 rings (SSSR count). The zero-order chi connectivity index (χ0) is 13.1. The number of hydrogen-bond donors (Lipinski definition) is 0. The number of esters is 1. The number of carbonyl (C=O) groups is 1. The number of aryl methyl sites for hydroxylation is 1. The average molecular weight is 265 g/mol. The van der Waals surface area contributed by atoms with Crippen molar-refractivity contribution in [3.8, 4) is 0 Å². The molecule has 0 aliphatic heterocycles. The van der Waals surface area contributed by atoms with Gasteiger partial charge in [0.25, 0.3) is 0 Å². The number of benzene rings is 1. The van der Waals surface area contributed by atoms with Crippen LogP contribution >= 0.6 is 11.6 Å². The van der Waals surface area contributed by atoms with Gasteiger partial charge in [0.05, 0.1) is 13.7 Å². The Morgan fingerprint density at radius 1 is 1.39 bits per heavy atom. The number of hydrogen-bond acceptors (Lipinski definition) is 3. The van der Waals surface area contributed by atoms with Gasteiger partial charge >= 0.3 is 5.97 Å². The van der Waals surface area contributed by atoms with Crippen LogP contribution in [0.3, 0.4) is 0 Å². The maximum atomic E-state index is 11.4. The van der Waals surface area contributed by atoms with Crippen molar-refractivity contribution in [1.82, 2.24) is 9.78 Å². The van der Waals surface area contributed by atoms with Crippen LogP contribution in [0.15, 0.2) is 30.3 Å². The molecule has 18 heavy (non-hydrogen) atoms. The van der Waals surface area contributed by atoms with Gasteiger partial charge in [0.2, 0.25) is 0 Å². The van der Waals surface area contributed by atoms with Gasteiger partial charge in [-0.15, -0.1) is 0 Å². The number of aromatic nitrogens is 2. The van der Waals surface area contributed by atoms with Crippen LogP contribution in [0.4, 0.5) is 0 Å². The van der Waals surface area contributed by atoms with Crippen molar-refractivity contribution in [1.29, 1.82) is 0 Å². The Morgan fingerprint density at radius 2 is 2.06 bits per heavy atom. The van der Waals surface area contributed by atoms with E-state index in [0.717, 1.165) is 11.3 Å². The summed E-state index contributed by atoms with van der Waals surface area (Å²) in [4.78, 5) is 11.4. The van der Waals surface area contributed by atoms with Gasteiger partial charge in [-0.2, -0.15) is 5.10 Å². The van der Waals surface area contributed by atoms with Gasteiger partial charge in [0.1, 0.15) is 0 Å². The van der Waals surface area contributed by atoms with E-state index in [2.05, 4.69) is 9.84 Å². The van der Waals surface area contributed by atoms with E-state index in [0.29, 0.717) is 17.3 Å². The van der Waals surface area contributed by atoms with Crippen LogP contribution in [-0.2, 0) is 11.3 Å². The smallest absolute Gasteiger partial charge is 0.358 e. The lowest BCUT2D eigenvalue weighted by Gasteiger charge is -2.04. The van der Waals surface area contributed by atoms with Gasteiger partial charge in [-0.1, -0.05) is 23.7 Å². The molecule has 94 valence electrons. The SMILES string of the molecule is COC(=O)c1cc(C)n(Cc2ccc(Cl)cc2)n1. The summed E-state index contributed by atoms with van der Waals surface area (Å²) in [7, 11) is 1.34. The Bertz CT molecular complexity index is 561. The van der Waals surface area contributed by atoms with Crippen molar-refractivity contribution in [3.05, 3.63) is 52.3 Å². The quantitative estimate of drug-likeness (QED) is 0.801. The molecule has 0 bridgehead atoms. The lowest BCUT2D eigenvalue weighted by Crippen LogP contribution is -2.07. The molecule has 0 N–H and O–H groups in total. The largest absolute Gasteiger partial charge is 0.464 e. The molecule has 0 aliphatic carbocycles. The van der Waals surface area contributed by atoms with E-state index in [1.165, 1.54) is 7.11 Å². The van der Waals surface area contributed by atoms with Crippen molar-refractivity contribution in [3.63, 3.8) is 0 Å². The van der Waals surface area contributed by atoms with Crippen molar-refractivity contribution in [2.24, 2.45) is 0 Å². The van der Waals surface area contributed by atoms with Gasteiger partial charge in [-0.3, -0.25) is 4.68 Å². The van der Waals surface area contributed by atoms with Crippen LogP contribution in [-0.4, -0.2) is 22.9 Å². The topological polar surface area (TPSA) is 44.1 Å². The summed E-state index contributed by atoms with van der Waals surface area (Å²) in [5, 5.41) is 4.91. The van der Waals surface area contributed by atoms with Crippen molar-refractivity contribution >= 4 is 17.6 Å². The zero-order valence-corrected chi connectivity index (χ0v) is 10.9. The minimum absolute atomic E-state index is 0.323. The van der Waals surface area contributed by atoms with Crippen molar-refractivity contribution < 1.29 is 9.53 Å². The van der Waals surface area contributed by atoms with Crippen molar-refractivity contribution in [2.45, 2.75) is 13.5 Å². The minimum Gasteiger partial charge on any atom is -0.464 e. The monoisotopic (exact) mass is 264 g/mol. The highest BCUT2D eigenvalue weighted by atomic mass is 35.5. The van der Waals surface area contributed by atoms with Gasteiger partial charge in [-0.25, -0.2) is 4.79 Å². The first-order chi connectivity index (χ1) is 8.60. The normalized spacial score (nSPS) is 10.4. The van der Waals surface area contributed by atoms with E-state index < -0.39 is 5.97 Å². The molecule has 0 saturated heterocycles. The highest BCUT2D eigenvalue weighted by Gasteiger charge is 2.12. The summed E-state index contributed by atoms with van der Waals surface area (Å²) in [5.41, 5.74) is 2.30. The van der Waals surface area contributed by atoms with Gasteiger partial charge < -0.3 is 4.74 Å². The number of methoxy groups -OCH3 is 1. The third-order valence-electron chi connectivity index (χ3n) is 2.62. The molecule has 0 fully saturated rings. The van der Waals surface area contributed by atoms with E-state index in [1.54, 1.807) is 10.7 Å². The third kappa shape index (κ3) is 2.71. The lowest BCUT2D eigenvalue weighted by atomic mass is 10.2. The first kappa shape index (κ1) is 12.6. The van der Waals surface area contributed by atoms with E-state index in [9.17, 15) is 4.79 Å². The number of ether oxygens (including phenoxy) is 1. The molecular weight excluding hydrogens is 252 g/mol. The molecular formula is C13H13ClN2O2. The molecule has 1 aromatic carbocycles. The summed E-state index contributed by atoms with van der Waals surface area (Å²) >= 11 is 5.83. The molecule has 0 amide bonds. The first-order valence-corrected chi connectivity index (χ1v) is 5.85. The Labute approximate surface area is 110 Å². The maximum Gasteiger partial charge on any atom is 0.358 e. The molecule has 0 aliphatic rings. The summed E-state index contributed by atoms with van der Waals surface area (Å²) in [5.74, 6) is -0.423. The fourth-order valence-corrected chi connectivity index (χ4v) is 1.76. The molecule has 0 unspecified atom stereocenters. The molecule has 1 heterocycles. The Morgan fingerprint density at radius 3 is 2.67 bits per heavy atom. The Balaban J connectivity index is 2.21. The van der Waals surface area contributed by atoms with E-state index in [1.807, 2.05) is 31.2 Å². The second kappa shape index (κ2) is 5.23. The molecule has 0 saturated carbocycles. The van der Waals surface area contributed by atoms with Crippen molar-refractivity contribution in [2.75, 3.05) is 7.11 Å². The molecule has 0 spiro atoms. The molecule has 0 radical (unpaired) electrons. The second-order valence-corrected chi connectivity index (χ2v) is 4.38. The van der Waals surface area contributed by atoms with Gasteiger partial charge in [0, 0.05) is 10.7 Å². The summed E-state index contributed by atoms with van der Waals surface area (Å²) in [6.07, 6.45) is 0. The second-order valence-electron chi connectivity index (χ2n) is 3.95. The highest BCUT2D eigenvalue weighted by molar-refractivity contribution is 6.30. The van der Waals surface area contributed by atoms with Crippen LogP contribution in [0.1, 0.15) is 21.7 Å². The predicted molar refractivity (Wildman–Crippen MR) is 68.9 cm³/mol. The zero-order valence-electron chi connectivity index (χ0n) is 10.2. The predicted octanol–water partition coefficient (Wildman–Crippen LogP) is 2.68. The third-order valence-corrected chi connectivity index (χ3v) is 2.87. The standard InChI is InChI=1S/C13H13ClN2O2/c1-9-7-12(13(17)18-2)15-16(9)8-10-3-5-11(14)6-4-10/h3-7H,8H2,1-2H3. The number of nitrogens with zero attached hydrogens (tertiary/aromatic N) is 2. The summed E-state index contributed by atoms with van der Waals surface area (Å²) in [6, 6.07) is 9.23. The van der Waals surface area contributed by atoms with Crippen LogP contribution in [0.5, 0.6) is 0 Å². The molecule has 5 heteroatoms. The molecule has 2 aromatic rings. The fourth-order valence-electron chi connectivity index (χ4n) is 1.64. The van der Waals surface area contributed by atoms with Crippen LogP contribution < -0.4 is 0 Å². The Hall–Kier alpha value is -1.81. The average Bonchev–Trinajstić information content (AvgIpc) is 2.73. The molecule has 0 atom stereocenters. The number of carbonyl (C=O) groups excluding carboxylic acids is 1. The lowest BCUT2D eigenvalue weighted by molar-refractivity contribution is 0.0593. The van der Waals surface area contributed by atoms with Crippen LogP contribution in [0.2, 0.25) is 5.02 Å². The van der Waals surface area contributed by atoms with E-state index in [4.69, 9.17) is 11.6 Å². The van der Waals surface area contributed by atoms with E-state index in [-0.39, 0.29) is 0 Å². The summed E-state index contributed by atoms with van der Waals surface area (Å²) in [6.45, 7) is 2.50. The van der Waals surface area contributed by atoms with Crippen LogP contribution in [0, 0.1) is 6.92 Å². The molecule has 1 aromatic heterocycles. The summed E-state index contributed by atoms with van der Waals surface area (Å²) < 4.78 is 6.40. The van der Waals surface area contributed by atoms with E-state index >= 15 is 0 Å². The maximum absolute atomic E-state index is 11.4. The Kier molecular flexibility index (Phi) is 3.67. The van der Waals surface area contributed by atoms with Crippen LogP contribution in [0.25, 0.3) is 0 Å². The van der Waals surface area contributed by atoms with Gasteiger partial charge in [-0.05, 0) is 30.7 Å². The number of rotatable bonds is 3. The fraction of sp³-hybridized carbons (Fsp3) is 0.231. The first-order valence-electron chi connectivity index (χ1n) is 5.47. The minimum atomic E-state index is -0.423. The highest BCUT2D eigenvalue weighted by Crippen LogP contribution is 2.12. The van der Waals surface area contributed by atoms with Gasteiger partial charge in [0.15, 0.2) is 5.69 Å². The molecule has 4 nitrogen and oxygen atoms in total.